The van der Waals surface area contributed by atoms with Crippen molar-refractivity contribution < 1.29 is 19.2 Å². The van der Waals surface area contributed by atoms with E-state index < -0.39 is 23.0 Å². The second kappa shape index (κ2) is 5.61. The summed E-state index contributed by atoms with van der Waals surface area (Å²) in [7, 11) is 1.24. The van der Waals surface area contributed by atoms with Gasteiger partial charge in [-0.15, -0.1) is 0 Å². The van der Waals surface area contributed by atoms with Crippen molar-refractivity contribution in [3.8, 4) is 0 Å². The normalized spacial score (nSPS) is 17.8. The average Bonchev–Trinajstić information content (AvgIpc) is 2.45. The number of nitro groups is 1. The first-order valence-corrected chi connectivity index (χ1v) is 6.05. The van der Waals surface area contributed by atoms with Gasteiger partial charge in [-0.25, -0.2) is 9.59 Å². The molecular formula is C13H13N3O5. The fourth-order valence-corrected chi connectivity index (χ4v) is 2.11. The molecule has 8 nitrogen and oxygen atoms in total. The lowest BCUT2D eigenvalue weighted by Crippen LogP contribution is -2.45. The molecule has 0 spiro atoms. The number of allylic oxidation sites excluding steroid dienone is 1. The Balaban J connectivity index is 2.43. The van der Waals surface area contributed by atoms with Crippen molar-refractivity contribution >= 4 is 17.7 Å². The summed E-state index contributed by atoms with van der Waals surface area (Å²) < 4.78 is 4.71. The zero-order valence-corrected chi connectivity index (χ0v) is 11.4. The number of rotatable bonds is 3. The zero-order valence-electron chi connectivity index (χ0n) is 11.4. The third-order valence-corrected chi connectivity index (χ3v) is 3.11. The molecule has 1 aromatic carbocycles. The van der Waals surface area contributed by atoms with Gasteiger partial charge in [-0.3, -0.25) is 10.1 Å². The highest BCUT2D eigenvalue weighted by molar-refractivity contribution is 5.94. The van der Waals surface area contributed by atoms with Gasteiger partial charge >= 0.3 is 12.0 Å². The van der Waals surface area contributed by atoms with Crippen molar-refractivity contribution in [2.24, 2.45) is 0 Å². The van der Waals surface area contributed by atoms with Crippen LogP contribution in [0.2, 0.25) is 0 Å². The minimum Gasteiger partial charge on any atom is -0.466 e. The fourth-order valence-electron chi connectivity index (χ4n) is 2.11. The minimum atomic E-state index is -0.716. The van der Waals surface area contributed by atoms with Crippen LogP contribution in [0.15, 0.2) is 35.5 Å². The number of nitrogens with one attached hydrogen (secondary N) is 2. The van der Waals surface area contributed by atoms with Crippen LogP contribution in [-0.4, -0.2) is 24.0 Å². The lowest BCUT2D eigenvalue weighted by Gasteiger charge is -2.27. The molecule has 1 aliphatic heterocycles. The summed E-state index contributed by atoms with van der Waals surface area (Å²) >= 11 is 0. The number of benzene rings is 1. The minimum absolute atomic E-state index is 0.0701. The summed E-state index contributed by atoms with van der Waals surface area (Å²) in [6.45, 7) is 1.59. The molecule has 1 heterocycles. The molecule has 0 aromatic heterocycles. The van der Waals surface area contributed by atoms with E-state index in [1.165, 1.54) is 31.4 Å². The monoisotopic (exact) mass is 291 g/mol. The van der Waals surface area contributed by atoms with Crippen LogP contribution >= 0.6 is 0 Å². The molecule has 8 heteroatoms. The summed E-state index contributed by atoms with van der Waals surface area (Å²) in [4.78, 5) is 33.6. The Morgan fingerprint density at radius 2 is 1.95 bits per heavy atom. The summed E-state index contributed by atoms with van der Waals surface area (Å²) in [6, 6.07) is 4.44. The van der Waals surface area contributed by atoms with Crippen molar-refractivity contribution in [1.29, 1.82) is 0 Å². The van der Waals surface area contributed by atoms with E-state index in [4.69, 9.17) is 4.74 Å². The van der Waals surface area contributed by atoms with Gasteiger partial charge in [0.25, 0.3) is 5.69 Å². The molecule has 0 bridgehead atoms. The van der Waals surface area contributed by atoms with Crippen molar-refractivity contribution in [3.05, 3.63) is 51.2 Å². The molecule has 0 unspecified atom stereocenters. The van der Waals surface area contributed by atoms with Crippen LogP contribution in [0.4, 0.5) is 10.5 Å². The smallest absolute Gasteiger partial charge is 0.337 e. The Morgan fingerprint density at radius 1 is 1.33 bits per heavy atom. The SMILES string of the molecule is COC(=O)C1=C(C)NC(=O)N[C@@H]1c1ccc([N+](=O)[O-])cc1. The third-order valence-electron chi connectivity index (χ3n) is 3.11. The lowest BCUT2D eigenvalue weighted by molar-refractivity contribution is -0.384. The van der Waals surface area contributed by atoms with Gasteiger partial charge in [0.2, 0.25) is 0 Å². The van der Waals surface area contributed by atoms with Crippen LogP contribution in [0.25, 0.3) is 0 Å². The maximum absolute atomic E-state index is 11.9. The molecule has 0 saturated heterocycles. The van der Waals surface area contributed by atoms with Crippen LogP contribution in [0.5, 0.6) is 0 Å². The van der Waals surface area contributed by atoms with Crippen LogP contribution in [-0.2, 0) is 9.53 Å². The molecule has 1 atom stereocenters. The van der Waals surface area contributed by atoms with Gasteiger partial charge in [0, 0.05) is 17.8 Å². The van der Waals surface area contributed by atoms with Crippen LogP contribution in [0, 0.1) is 10.1 Å². The van der Waals surface area contributed by atoms with Crippen LogP contribution < -0.4 is 10.6 Å². The summed E-state index contributed by atoms with van der Waals surface area (Å²) in [6.07, 6.45) is 0. The Bertz CT molecular complexity index is 636. The molecular weight excluding hydrogens is 278 g/mol. The molecule has 2 rings (SSSR count). The fraction of sp³-hybridized carbons (Fsp3) is 0.231. The predicted molar refractivity (Wildman–Crippen MR) is 72.2 cm³/mol. The summed E-state index contributed by atoms with van der Waals surface area (Å²) in [5, 5.41) is 15.7. The molecule has 0 aliphatic carbocycles. The number of nitro benzene ring substituents is 1. The van der Waals surface area contributed by atoms with Crippen molar-refractivity contribution in [2.75, 3.05) is 7.11 Å². The van der Waals surface area contributed by atoms with Gasteiger partial charge in [0.05, 0.1) is 23.6 Å². The molecule has 1 aromatic rings. The van der Waals surface area contributed by atoms with E-state index in [1.54, 1.807) is 6.92 Å². The third kappa shape index (κ3) is 2.83. The number of hydrogen-bond donors (Lipinski definition) is 2. The number of methoxy groups -OCH3 is 1. The standard InChI is InChI=1S/C13H13N3O5/c1-7-10(12(17)21-2)11(15-13(18)14-7)8-3-5-9(6-4-8)16(19)20/h3-6,11H,1-2H3,(H2,14,15,18)/t11-/m1/s1. The molecule has 1 aliphatic rings. The summed E-state index contributed by atoms with van der Waals surface area (Å²) in [5.74, 6) is -0.580. The van der Waals surface area contributed by atoms with Crippen LogP contribution in [0.3, 0.4) is 0 Å². The highest BCUT2D eigenvalue weighted by Gasteiger charge is 2.31. The largest absolute Gasteiger partial charge is 0.466 e. The number of nitrogens with zero attached hydrogens (tertiary/aromatic N) is 1. The Hall–Kier alpha value is -2.90. The first kappa shape index (κ1) is 14.5. The number of ether oxygens (including phenoxy) is 1. The quantitative estimate of drug-likeness (QED) is 0.496. The van der Waals surface area contributed by atoms with Crippen molar-refractivity contribution in [2.45, 2.75) is 13.0 Å². The molecule has 0 saturated carbocycles. The number of carbonyl (C=O) groups excluding carboxylic acids is 2. The average molecular weight is 291 g/mol. The lowest BCUT2D eigenvalue weighted by atomic mass is 9.95. The van der Waals surface area contributed by atoms with E-state index in [0.717, 1.165) is 0 Å². The van der Waals surface area contributed by atoms with E-state index >= 15 is 0 Å². The van der Waals surface area contributed by atoms with Gasteiger partial charge in [0.1, 0.15) is 0 Å². The molecule has 0 fully saturated rings. The Kier molecular flexibility index (Phi) is 3.88. The molecule has 110 valence electrons. The van der Waals surface area contributed by atoms with Crippen molar-refractivity contribution in [3.63, 3.8) is 0 Å². The highest BCUT2D eigenvalue weighted by atomic mass is 16.6. The van der Waals surface area contributed by atoms with E-state index in [0.29, 0.717) is 11.3 Å². The second-order valence-electron chi connectivity index (χ2n) is 4.41. The van der Waals surface area contributed by atoms with Gasteiger partial charge in [-0.2, -0.15) is 0 Å². The first-order valence-electron chi connectivity index (χ1n) is 6.05. The number of esters is 1. The molecule has 21 heavy (non-hydrogen) atoms. The van der Waals surface area contributed by atoms with Gasteiger partial charge in [-0.1, -0.05) is 0 Å². The van der Waals surface area contributed by atoms with E-state index in [1.807, 2.05) is 0 Å². The highest BCUT2D eigenvalue weighted by Crippen LogP contribution is 2.28. The summed E-state index contributed by atoms with van der Waals surface area (Å²) in [5.41, 5.74) is 1.12. The maximum atomic E-state index is 11.9. The Labute approximate surface area is 119 Å². The van der Waals surface area contributed by atoms with E-state index in [-0.39, 0.29) is 11.3 Å². The van der Waals surface area contributed by atoms with Gasteiger partial charge in [-0.05, 0) is 24.6 Å². The topological polar surface area (TPSA) is 111 Å². The first-order chi connectivity index (χ1) is 9.93. The second-order valence-corrected chi connectivity index (χ2v) is 4.41. The van der Waals surface area contributed by atoms with E-state index in [2.05, 4.69) is 10.6 Å². The molecule has 2 N–H and O–H groups in total. The van der Waals surface area contributed by atoms with Crippen molar-refractivity contribution in [1.82, 2.24) is 10.6 Å². The Morgan fingerprint density at radius 3 is 2.48 bits per heavy atom. The zero-order chi connectivity index (χ0) is 15.6. The predicted octanol–water partition coefficient (Wildman–Crippen LogP) is 1.40. The number of urea groups is 1. The van der Waals surface area contributed by atoms with Crippen LogP contribution in [0.1, 0.15) is 18.5 Å². The molecule has 0 radical (unpaired) electrons. The number of amides is 2. The number of hydrogen-bond acceptors (Lipinski definition) is 5. The van der Waals surface area contributed by atoms with E-state index in [9.17, 15) is 19.7 Å². The maximum Gasteiger partial charge on any atom is 0.337 e. The molecule has 2 amide bonds. The number of carbonyl (C=O) groups is 2. The van der Waals surface area contributed by atoms with Gasteiger partial charge in [0.15, 0.2) is 0 Å². The number of non-ortho nitro benzene ring substituents is 1. The van der Waals surface area contributed by atoms with Gasteiger partial charge < -0.3 is 15.4 Å².